The SMILES string of the molecule is Cc1cc(C(C)(C)C)ccc1C(C(=O)O)C1CCCC1. The molecular weight excluding hydrogens is 248 g/mol. The van der Waals surface area contributed by atoms with Gasteiger partial charge in [0, 0.05) is 0 Å². The third-order valence-corrected chi connectivity index (χ3v) is 4.61. The van der Waals surface area contributed by atoms with Crippen LogP contribution in [0.25, 0.3) is 0 Å². The molecule has 2 rings (SSSR count). The average molecular weight is 274 g/mol. The second-order valence-corrected chi connectivity index (χ2v) is 7.18. The van der Waals surface area contributed by atoms with Gasteiger partial charge in [-0.2, -0.15) is 0 Å². The summed E-state index contributed by atoms with van der Waals surface area (Å²) in [5, 5.41) is 9.64. The first kappa shape index (κ1) is 15.1. The Balaban J connectivity index is 2.37. The highest BCUT2D eigenvalue weighted by molar-refractivity contribution is 5.77. The minimum absolute atomic E-state index is 0.107. The van der Waals surface area contributed by atoms with Crippen molar-refractivity contribution < 1.29 is 9.90 Å². The van der Waals surface area contributed by atoms with Crippen molar-refractivity contribution in [3.8, 4) is 0 Å². The lowest BCUT2D eigenvalue weighted by Gasteiger charge is -2.25. The Bertz CT molecular complexity index is 491. The smallest absolute Gasteiger partial charge is 0.311 e. The molecule has 20 heavy (non-hydrogen) atoms. The molecule has 1 saturated carbocycles. The van der Waals surface area contributed by atoms with E-state index in [0.29, 0.717) is 5.92 Å². The number of aliphatic carboxylic acids is 1. The highest BCUT2D eigenvalue weighted by Crippen LogP contribution is 2.39. The first-order chi connectivity index (χ1) is 9.30. The summed E-state index contributed by atoms with van der Waals surface area (Å²) in [4.78, 5) is 11.7. The zero-order chi connectivity index (χ0) is 14.9. The van der Waals surface area contributed by atoms with E-state index in [9.17, 15) is 9.90 Å². The molecule has 1 aromatic rings. The third kappa shape index (κ3) is 3.05. The second kappa shape index (κ2) is 5.59. The first-order valence-corrected chi connectivity index (χ1v) is 7.64. The standard InChI is InChI=1S/C18H26O2/c1-12-11-14(18(2,3)4)9-10-15(12)16(17(19)20)13-7-5-6-8-13/h9-11,13,16H,5-8H2,1-4H3,(H,19,20). The van der Waals surface area contributed by atoms with Crippen LogP contribution in [0, 0.1) is 12.8 Å². The van der Waals surface area contributed by atoms with Crippen LogP contribution in [0.4, 0.5) is 0 Å². The van der Waals surface area contributed by atoms with Crippen molar-refractivity contribution in [3.63, 3.8) is 0 Å². The van der Waals surface area contributed by atoms with E-state index in [1.54, 1.807) is 0 Å². The van der Waals surface area contributed by atoms with Gasteiger partial charge in [-0.3, -0.25) is 4.79 Å². The summed E-state index contributed by atoms with van der Waals surface area (Å²) in [6.45, 7) is 8.61. The zero-order valence-electron chi connectivity index (χ0n) is 13.1. The van der Waals surface area contributed by atoms with Crippen molar-refractivity contribution in [3.05, 3.63) is 34.9 Å². The number of aryl methyl sites for hydroxylation is 1. The Labute approximate surface area is 122 Å². The Hall–Kier alpha value is -1.31. The fourth-order valence-electron chi connectivity index (χ4n) is 3.37. The molecule has 1 fully saturated rings. The predicted molar refractivity (Wildman–Crippen MR) is 82.2 cm³/mol. The normalized spacial score (nSPS) is 18.2. The van der Waals surface area contributed by atoms with E-state index in [0.717, 1.165) is 24.0 Å². The van der Waals surface area contributed by atoms with Gasteiger partial charge in [-0.15, -0.1) is 0 Å². The second-order valence-electron chi connectivity index (χ2n) is 7.18. The van der Waals surface area contributed by atoms with Crippen molar-refractivity contribution in [1.82, 2.24) is 0 Å². The molecule has 0 spiro atoms. The number of carbonyl (C=O) groups is 1. The van der Waals surface area contributed by atoms with E-state index >= 15 is 0 Å². The Morgan fingerprint density at radius 3 is 2.30 bits per heavy atom. The Kier molecular flexibility index (Phi) is 4.22. The summed E-state index contributed by atoms with van der Waals surface area (Å²) >= 11 is 0. The van der Waals surface area contributed by atoms with Crippen molar-refractivity contribution >= 4 is 5.97 Å². The average Bonchev–Trinajstić information content (AvgIpc) is 2.83. The van der Waals surface area contributed by atoms with Crippen LogP contribution in [0.15, 0.2) is 18.2 Å². The van der Waals surface area contributed by atoms with Crippen LogP contribution in [-0.2, 0) is 10.2 Å². The van der Waals surface area contributed by atoms with E-state index in [1.165, 1.54) is 18.4 Å². The highest BCUT2D eigenvalue weighted by Gasteiger charge is 2.33. The van der Waals surface area contributed by atoms with E-state index in [1.807, 2.05) is 6.07 Å². The van der Waals surface area contributed by atoms with Gasteiger partial charge in [0.2, 0.25) is 0 Å². The predicted octanol–water partition coefficient (Wildman–Crippen LogP) is 4.65. The van der Waals surface area contributed by atoms with Gasteiger partial charge in [0.15, 0.2) is 0 Å². The van der Waals surface area contributed by atoms with Crippen LogP contribution in [0.2, 0.25) is 0 Å². The fraction of sp³-hybridized carbons (Fsp3) is 0.611. The van der Waals surface area contributed by atoms with Gasteiger partial charge in [0.25, 0.3) is 0 Å². The molecule has 0 amide bonds. The van der Waals surface area contributed by atoms with Gasteiger partial charge in [-0.05, 0) is 47.8 Å². The zero-order valence-corrected chi connectivity index (χ0v) is 13.1. The van der Waals surface area contributed by atoms with Gasteiger partial charge in [-0.25, -0.2) is 0 Å². The number of hydrogen-bond acceptors (Lipinski definition) is 1. The van der Waals surface area contributed by atoms with E-state index in [2.05, 4.69) is 39.8 Å². The van der Waals surface area contributed by atoms with Crippen molar-refractivity contribution in [1.29, 1.82) is 0 Å². The van der Waals surface area contributed by atoms with Crippen LogP contribution in [0.3, 0.4) is 0 Å². The summed E-state index contributed by atoms with van der Waals surface area (Å²) < 4.78 is 0. The van der Waals surface area contributed by atoms with Crippen LogP contribution < -0.4 is 0 Å². The maximum Gasteiger partial charge on any atom is 0.311 e. The molecule has 1 aliphatic rings. The summed E-state index contributed by atoms with van der Waals surface area (Å²) in [6, 6.07) is 6.32. The van der Waals surface area contributed by atoms with Gasteiger partial charge in [0.1, 0.15) is 0 Å². The van der Waals surface area contributed by atoms with E-state index in [-0.39, 0.29) is 11.3 Å². The molecule has 2 heteroatoms. The summed E-state index contributed by atoms with van der Waals surface area (Å²) in [5.74, 6) is -0.679. The third-order valence-electron chi connectivity index (χ3n) is 4.61. The lowest BCUT2D eigenvalue weighted by Crippen LogP contribution is -2.21. The number of carboxylic acids is 1. The maximum absolute atomic E-state index is 11.7. The molecule has 0 heterocycles. The van der Waals surface area contributed by atoms with Crippen molar-refractivity contribution in [2.45, 2.75) is 64.7 Å². The minimum Gasteiger partial charge on any atom is -0.481 e. The van der Waals surface area contributed by atoms with Crippen LogP contribution in [-0.4, -0.2) is 11.1 Å². The molecule has 1 aliphatic carbocycles. The maximum atomic E-state index is 11.7. The molecule has 1 aromatic carbocycles. The van der Waals surface area contributed by atoms with E-state index in [4.69, 9.17) is 0 Å². The summed E-state index contributed by atoms with van der Waals surface area (Å²) in [5.41, 5.74) is 3.51. The minimum atomic E-state index is -0.663. The topological polar surface area (TPSA) is 37.3 Å². The number of carboxylic acid groups (broad SMARTS) is 1. The van der Waals surface area contributed by atoms with Crippen LogP contribution >= 0.6 is 0 Å². The first-order valence-electron chi connectivity index (χ1n) is 7.64. The molecule has 0 radical (unpaired) electrons. The molecule has 1 atom stereocenters. The molecule has 2 nitrogen and oxygen atoms in total. The highest BCUT2D eigenvalue weighted by atomic mass is 16.4. The molecule has 0 aromatic heterocycles. The molecule has 0 bridgehead atoms. The quantitative estimate of drug-likeness (QED) is 0.871. The lowest BCUT2D eigenvalue weighted by atomic mass is 9.79. The molecule has 110 valence electrons. The Morgan fingerprint density at radius 1 is 1.25 bits per heavy atom. The van der Waals surface area contributed by atoms with Crippen molar-refractivity contribution in [2.24, 2.45) is 5.92 Å². The van der Waals surface area contributed by atoms with Gasteiger partial charge in [0.05, 0.1) is 5.92 Å². The number of benzene rings is 1. The number of rotatable bonds is 3. The molecular formula is C18H26O2. The summed E-state index contributed by atoms with van der Waals surface area (Å²) in [6.07, 6.45) is 4.45. The van der Waals surface area contributed by atoms with Gasteiger partial charge >= 0.3 is 5.97 Å². The summed E-state index contributed by atoms with van der Waals surface area (Å²) in [7, 11) is 0. The molecule has 0 saturated heterocycles. The van der Waals surface area contributed by atoms with Gasteiger partial charge < -0.3 is 5.11 Å². The largest absolute Gasteiger partial charge is 0.481 e. The number of hydrogen-bond donors (Lipinski definition) is 1. The van der Waals surface area contributed by atoms with Crippen LogP contribution in [0.5, 0.6) is 0 Å². The van der Waals surface area contributed by atoms with E-state index < -0.39 is 5.97 Å². The molecule has 1 N–H and O–H groups in total. The molecule has 0 aliphatic heterocycles. The van der Waals surface area contributed by atoms with Gasteiger partial charge in [-0.1, -0.05) is 51.8 Å². The molecule has 1 unspecified atom stereocenters. The fourth-order valence-corrected chi connectivity index (χ4v) is 3.37. The monoisotopic (exact) mass is 274 g/mol. The Morgan fingerprint density at radius 2 is 1.85 bits per heavy atom. The lowest BCUT2D eigenvalue weighted by molar-refractivity contribution is -0.140. The van der Waals surface area contributed by atoms with Crippen molar-refractivity contribution in [2.75, 3.05) is 0 Å². The van der Waals surface area contributed by atoms with Crippen LogP contribution in [0.1, 0.15) is 69.1 Å².